The number of amides is 1. The summed E-state index contributed by atoms with van der Waals surface area (Å²) in [5.41, 5.74) is 1.52. The van der Waals surface area contributed by atoms with Gasteiger partial charge in [0.2, 0.25) is 11.9 Å². The molecule has 0 aliphatic heterocycles. The first-order valence-corrected chi connectivity index (χ1v) is 9.03. The molecule has 120 valence electrons. The number of imidazole rings is 1. The van der Waals surface area contributed by atoms with Gasteiger partial charge < -0.3 is 4.98 Å². The summed E-state index contributed by atoms with van der Waals surface area (Å²) in [4.78, 5) is 19.2. The van der Waals surface area contributed by atoms with Crippen molar-refractivity contribution in [2.24, 2.45) is 0 Å². The molecule has 7 nitrogen and oxygen atoms in total. The maximum absolute atomic E-state index is 12.3. The van der Waals surface area contributed by atoms with E-state index in [9.17, 15) is 13.2 Å². The largest absolute Gasteiger partial charge is 0.324 e. The summed E-state index contributed by atoms with van der Waals surface area (Å²) < 4.78 is 25.7. The Morgan fingerprint density at radius 3 is 2.78 bits per heavy atom. The molecule has 1 amide bonds. The number of carbonyl (C=O) groups excluding carboxylic acids is 1. The third-order valence-electron chi connectivity index (χ3n) is 3.17. The summed E-state index contributed by atoms with van der Waals surface area (Å²) in [6.07, 6.45) is 0. The standard InChI is InChI=1S/C14H14N4O3S2/c1-18(23(20,21)13-7-4-8-22-13)9-12(19)17-14-15-10-5-2-3-6-11(10)16-14/h2-8H,9H2,1H3,(H2,15,16,17,19). The van der Waals surface area contributed by atoms with Gasteiger partial charge in [0.15, 0.2) is 0 Å². The van der Waals surface area contributed by atoms with Crippen molar-refractivity contribution in [2.75, 3.05) is 18.9 Å². The van der Waals surface area contributed by atoms with Crippen LogP contribution in [0.3, 0.4) is 0 Å². The number of sulfonamides is 1. The zero-order valence-electron chi connectivity index (χ0n) is 12.2. The van der Waals surface area contributed by atoms with Crippen LogP contribution in [-0.4, -0.2) is 42.2 Å². The van der Waals surface area contributed by atoms with Gasteiger partial charge in [-0.15, -0.1) is 11.3 Å². The highest BCUT2D eigenvalue weighted by Crippen LogP contribution is 2.19. The molecule has 3 aromatic rings. The van der Waals surface area contributed by atoms with Crippen LogP contribution in [0.5, 0.6) is 0 Å². The van der Waals surface area contributed by atoms with Crippen molar-refractivity contribution < 1.29 is 13.2 Å². The van der Waals surface area contributed by atoms with E-state index in [0.29, 0.717) is 0 Å². The molecule has 2 heterocycles. The molecule has 0 aliphatic carbocycles. The number of anilines is 1. The van der Waals surface area contributed by atoms with E-state index in [0.717, 1.165) is 26.7 Å². The lowest BCUT2D eigenvalue weighted by atomic mass is 10.3. The van der Waals surface area contributed by atoms with Crippen molar-refractivity contribution in [1.29, 1.82) is 0 Å². The summed E-state index contributed by atoms with van der Waals surface area (Å²) in [5, 5.41) is 4.25. The maximum atomic E-state index is 12.3. The second kappa shape index (κ2) is 6.11. The number of H-pyrrole nitrogens is 1. The number of carbonyl (C=O) groups is 1. The number of hydrogen-bond acceptors (Lipinski definition) is 5. The molecule has 0 bridgehead atoms. The van der Waals surface area contributed by atoms with Crippen molar-refractivity contribution >= 4 is 44.2 Å². The zero-order valence-corrected chi connectivity index (χ0v) is 13.8. The van der Waals surface area contributed by atoms with Crippen LogP contribution in [0, 0.1) is 0 Å². The first kappa shape index (κ1) is 15.7. The molecular weight excluding hydrogens is 336 g/mol. The van der Waals surface area contributed by atoms with Gasteiger partial charge in [-0.25, -0.2) is 13.4 Å². The Kier molecular flexibility index (Phi) is 4.16. The van der Waals surface area contributed by atoms with Crippen LogP contribution in [0.4, 0.5) is 5.95 Å². The van der Waals surface area contributed by atoms with E-state index in [1.807, 2.05) is 24.3 Å². The molecule has 9 heteroatoms. The molecule has 0 atom stereocenters. The number of thiophene rings is 1. The van der Waals surface area contributed by atoms with Gasteiger partial charge in [-0.1, -0.05) is 18.2 Å². The molecule has 2 N–H and O–H groups in total. The lowest BCUT2D eigenvalue weighted by Gasteiger charge is -2.14. The van der Waals surface area contributed by atoms with Crippen molar-refractivity contribution in [3.8, 4) is 0 Å². The quantitative estimate of drug-likeness (QED) is 0.734. The monoisotopic (exact) mass is 350 g/mol. The van der Waals surface area contributed by atoms with Gasteiger partial charge in [0, 0.05) is 7.05 Å². The average molecular weight is 350 g/mol. The average Bonchev–Trinajstić information content (AvgIpc) is 3.16. The minimum atomic E-state index is -3.65. The van der Waals surface area contributed by atoms with Gasteiger partial charge in [0.25, 0.3) is 10.0 Å². The summed E-state index contributed by atoms with van der Waals surface area (Å²) in [7, 11) is -2.28. The summed E-state index contributed by atoms with van der Waals surface area (Å²) in [6, 6.07) is 10.5. The number of likely N-dealkylation sites (N-methyl/N-ethyl adjacent to an activating group) is 1. The van der Waals surface area contributed by atoms with E-state index >= 15 is 0 Å². The molecule has 1 aromatic carbocycles. The summed E-state index contributed by atoms with van der Waals surface area (Å²) >= 11 is 1.11. The Labute approximate surface area is 137 Å². The summed E-state index contributed by atoms with van der Waals surface area (Å²) in [6.45, 7) is -0.294. The molecule has 0 aliphatic rings. The van der Waals surface area contributed by atoms with Crippen molar-refractivity contribution in [3.63, 3.8) is 0 Å². The number of para-hydroxylation sites is 2. The zero-order chi connectivity index (χ0) is 16.4. The predicted molar refractivity (Wildman–Crippen MR) is 88.9 cm³/mol. The Morgan fingerprint density at radius 1 is 1.30 bits per heavy atom. The van der Waals surface area contributed by atoms with E-state index in [-0.39, 0.29) is 16.7 Å². The molecule has 0 unspecified atom stereocenters. The summed E-state index contributed by atoms with van der Waals surface area (Å²) in [5.74, 6) is -0.176. The maximum Gasteiger partial charge on any atom is 0.252 e. The Bertz CT molecular complexity index is 899. The topological polar surface area (TPSA) is 95.2 Å². The molecule has 23 heavy (non-hydrogen) atoms. The number of benzene rings is 1. The number of aromatic nitrogens is 2. The second-order valence-corrected chi connectivity index (χ2v) is 8.06. The van der Waals surface area contributed by atoms with Gasteiger partial charge in [-0.05, 0) is 23.6 Å². The fraction of sp³-hybridized carbons (Fsp3) is 0.143. The van der Waals surface area contributed by atoms with Gasteiger partial charge in [-0.3, -0.25) is 10.1 Å². The minimum absolute atomic E-state index is 0.205. The van der Waals surface area contributed by atoms with E-state index in [2.05, 4.69) is 15.3 Å². The SMILES string of the molecule is CN(CC(=O)Nc1nc2ccccc2[nH]1)S(=O)(=O)c1cccs1. The van der Waals surface area contributed by atoms with Crippen LogP contribution < -0.4 is 5.32 Å². The van der Waals surface area contributed by atoms with Gasteiger partial charge in [0.1, 0.15) is 4.21 Å². The lowest BCUT2D eigenvalue weighted by Crippen LogP contribution is -2.34. The van der Waals surface area contributed by atoms with Crippen molar-refractivity contribution in [2.45, 2.75) is 4.21 Å². The van der Waals surface area contributed by atoms with E-state index in [1.54, 1.807) is 11.4 Å². The van der Waals surface area contributed by atoms with Crippen LogP contribution in [0.2, 0.25) is 0 Å². The lowest BCUT2D eigenvalue weighted by molar-refractivity contribution is -0.116. The highest BCUT2D eigenvalue weighted by molar-refractivity contribution is 7.91. The third-order valence-corrected chi connectivity index (χ3v) is 6.35. The molecule has 0 saturated heterocycles. The minimum Gasteiger partial charge on any atom is -0.324 e. The smallest absolute Gasteiger partial charge is 0.252 e. The van der Waals surface area contributed by atoms with Crippen LogP contribution >= 0.6 is 11.3 Å². The number of nitrogens with one attached hydrogen (secondary N) is 2. The van der Waals surface area contributed by atoms with E-state index < -0.39 is 15.9 Å². The Hall–Kier alpha value is -2.23. The normalized spacial score (nSPS) is 11.9. The Morgan fingerprint density at radius 2 is 2.09 bits per heavy atom. The molecule has 0 radical (unpaired) electrons. The molecule has 0 fully saturated rings. The van der Waals surface area contributed by atoms with Crippen LogP contribution in [0.1, 0.15) is 0 Å². The van der Waals surface area contributed by atoms with Crippen LogP contribution in [0.15, 0.2) is 46.0 Å². The number of fused-ring (bicyclic) bond motifs is 1. The molecule has 0 spiro atoms. The van der Waals surface area contributed by atoms with Gasteiger partial charge in [-0.2, -0.15) is 4.31 Å². The molecule has 0 saturated carbocycles. The van der Waals surface area contributed by atoms with Crippen molar-refractivity contribution in [1.82, 2.24) is 14.3 Å². The number of nitrogens with zero attached hydrogens (tertiary/aromatic N) is 2. The molecule has 2 aromatic heterocycles. The predicted octanol–water partition coefficient (Wildman–Crippen LogP) is 1.88. The van der Waals surface area contributed by atoms with Crippen molar-refractivity contribution in [3.05, 3.63) is 41.8 Å². The van der Waals surface area contributed by atoms with E-state index in [4.69, 9.17) is 0 Å². The first-order valence-electron chi connectivity index (χ1n) is 6.71. The second-order valence-electron chi connectivity index (χ2n) is 4.84. The number of rotatable bonds is 5. The number of hydrogen-bond donors (Lipinski definition) is 2. The first-order chi connectivity index (χ1) is 11.0. The highest BCUT2D eigenvalue weighted by Gasteiger charge is 2.24. The fourth-order valence-electron chi connectivity index (χ4n) is 2.03. The van der Waals surface area contributed by atoms with Gasteiger partial charge in [0.05, 0.1) is 17.6 Å². The van der Waals surface area contributed by atoms with E-state index in [1.165, 1.54) is 13.1 Å². The molecule has 3 rings (SSSR count). The molecular formula is C14H14N4O3S2. The highest BCUT2D eigenvalue weighted by atomic mass is 32.2. The van der Waals surface area contributed by atoms with Gasteiger partial charge >= 0.3 is 0 Å². The van der Waals surface area contributed by atoms with Crippen LogP contribution in [-0.2, 0) is 14.8 Å². The number of aromatic amines is 1. The Balaban J connectivity index is 1.69. The fourth-order valence-corrected chi connectivity index (χ4v) is 4.36. The third kappa shape index (κ3) is 3.26. The van der Waals surface area contributed by atoms with Crippen LogP contribution in [0.25, 0.3) is 11.0 Å².